The number of nitrogens with one attached hydrogen (secondary N) is 1. The summed E-state index contributed by atoms with van der Waals surface area (Å²) in [5.74, 6) is 0.856. The summed E-state index contributed by atoms with van der Waals surface area (Å²) < 4.78 is 0. The number of hydrogen-bond acceptors (Lipinski definition) is 4. The minimum absolute atomic E-state index is 0.856. The second kappa shape index (κ2) is 6.89. The van der Waals surface area contributed by atoms with Crippen molar-refractivity contribution in [1.29, 1.82) is 0 Å². The Morgan fingerprint density at radius 2 is 2.15 bits per heavy atom. The van der Waals surface area contributed by atoms with Crippen LogP contribution >= 0.6 is 0 Å². The molecule has 0 aliphatic carbocycles. The molecule has 1 N–H and O–H groups in total. The molecule has 0 atom stereocenters. The molecule has 138 valence electrons. The van der Waals surface area contributed by atoms with Gasteiger partial charge in [0.1, 0.15) is 0 Å². The third-order valence-corrected chi connectivity index (χ3v) is 5.71. The molecule has 0 unspecified atom stereocenters. The molecule has 5 rings (SSSR count). The lowest BCUT2D eigenvalue weighted by atomic mass is 10.0. The number of H-pyrrole nitrogens is 1. The van der Waals surface area contributed by atoms with E-state index in [2.05, 4.69) is 51.2 Å². The van der Waals surface area contributed by atoms with E-state index in [1.807, 2.05) is 6.20 Å². The molecule has 0 amide bonds. The van der Waals surface area contributed by atoms with Crippen molar-refractivity contribution in [3.63, 3.8) is 0 Å². The molecule has 2 aliphatic heterocycles. The van der Waals surface area contributed by atoms with E-state index in [0.29, 0.717) is 0 Å². The van der Waals surface area contributed by atoms with Crippen molar-refractivity contribution in [3.05, 3.63) is 58.8 Å². The molecular formula is C22H25N5. The molecule has 27 heavy (non-hydrogen) atoms. The zero-order valence-corrected chi connectivity index (χ0v) is 15.8. The molecular weight excluding hydrogens is 334 g/mol. The Hall–Kier alpha value is -2.53. The lowest BCUT2D eigenvalue weighted by Gasteiger charge is -2.28. The van der Waals surface area contributed by atoms with Crippen molar-refractivity contribution in [3.8, 4) is 0 Å². The number of aryl methyl sites for hydroxylation is 1. The van der Waals surface area contributed by atoms with Gasteiger partial charge in [-0.15, -0.1) is 0 Å². The van der Waals surface area contributed by atoms with Gasteiger partial charge >= 0.3 is 0 Å². The Balaban J connectivity index is 1.35. The first-order valence-electron chi connectivity index (χ1n) is 9.94. The highest BCUT2D eigenvalue weighted by Crippen LogP contribution is 2.24. The van der Waals surface area contributed by atoms with Gasteiger partial charge in [0.15, 0.2) is 5.82 Å². The van der Waals surface area contributed by atoms with E-state index >= 15 is 0 Å². The average Bonchev–Trinajstić information content (AvgIpc) is 3.10. The first-order chi connectivity index (χ1) is 13.3. The fourth-order valence-corrected chi connectivity index (χ4v) is 4.19. The summed E-state index contributed by atoms with van der Waals surface area (Å²) in [6, 6.07) is 6.60. The summed E-state index contributed by atoms with van der Waals surface area (Å²) in [5.41, 5.74) is 7.46. The molecule has 2 aliphatic rings. The molecule has 0 fully saturated rings. The van der Waals surface area contributed by atoms with Crippen molar-refractivity contribution in [2.24, 2.45) is 4.99 Å². The number of hydrogen-bond donors (Lipinski definition) is 1. The third kappa shape index (κ3) is 3.28. The van der Waals surface area contributed by atoms with Gasteiger partial charge in [0.05, 0.1) is 11.4 Å². The fraction of sp³-hybridized carbons (Fsp3) is 0.409. The zero-order valence-electron chi connectivity index (χ0n) is 15.8. The van der Waals surface area contributed by atoms with Crippen LogP contribution in [0.1, 0.15) is 47.5 Å². The van der Waals surface area contributed by atoms with Crippen molar-refractivity contribution in [2.75, 3.05) is 13.1 Å². The van der Waals surface area contributed by atoms with Gasteiger partial charge in [0, 0.05) is 61.5 Å². The van der Waals surface area contributed by atoms with E-state index in [0.717, 1.165) is 50.6 Å². The molecule has 0 saturated carbocycles. The second-order valence-electron chi connectivity index (χ2n) is 7.77. The van der Waals surface area contributed by atoms with Gasteiger partial charge in [-0.05, 0) is 43.9 Å². The predicted molar refractivity (Wildman–Crippen MR) is 108 cm³/mol. The minimum atomic E-state index is 0.856. The summed E-state index contributed by atoms with van der Waals surface area (Å²) in [7, 11) is 0. The van der Waals surface area contributed by atoms with Crippen LogP contribution in [0.15, 0.2) is 35.6 Å². The van der Waals surface area contributed by atoms with E-state index in [1.165, 1.54) is 46.1 Å². The van der Waals surface area contributed by atoms with Crippen molar-refractivity contribution >= 4 is 16.6 Å². The highest BCUT2D eigenvalue weighted by molar-refractivity contribution is 5.97. The highest BCUT2D eigenvalue weighted by Gasteiger charge is 2.21. The Labute approximate surface area is 159 Å². The SMILES string of the molecule is Cc1ccc2[nH]cc(CN3CCc4nc(C5=NCCCC5)ncc4C3)c2c1. The van der Waals surface area contributed by atoms with Crippen LogP contribution in [0.2, 0.25) is 0 Å². The van der Waals surface area contributed by atoms with E-state index in [1.54, 1.807) is 0 Å². The van der Waals surface area contributed by atoms with Gasteiger partial charge in [0.2, 0.25) is 0 Å². The highest BCUT2D eigenvalue weighted by atomic mass is 15.1. The van der Waals surface area contributed by atoms with Crippen LogP contribution in [0.5, 0.6) is 0 Å². The van der Waals surface area contributed by atoms with Crippen LogP contribution in [-0.2, 0) is 19.5 Å². The third-order valence-electron chi connectivity index (χ3n) is 5.71. The van der Waals surface area contributed by atoms with Crippen molar-refractivity contribution in [2.45, 2.75) is 45.7 Å². The second-order valence-corrected chi connectivity index (χ2v) is 7.77. The summed E-state index contributed by atoms with van der Waals surface area (Å²) in [5, 5.41) is 1.34. The maximum absolute atomic E-state index is 4.86. The minimum Gasteiger partial charge on any atom is -0.361 e. The molecule has 0 bridgehead atoms. The van der Waals surface area contributed by atoms with E-state index in [9.17, 15) is 0 Å². The molecule has 4 heterocycles. The monoisotopic (exact) mass is 359 g/mol. The fourth-order valence-electron chi connectivity index (χ4n) is 4.19. The quantitative estimate of drug-likeness (QED) is 0.774. The van der Waals surface area contributed by atoms with Crippen LogP contribution < -0.4 is 0 Å². The Kier molecular flexibility index (Phi) is 4.24. The molecule has 2 aromatic heterocycles. The number of aromatic nitrogens is 3. The van der Waals surface area contributed by atoms with Gasteiger partial charge in [0.25, 0.3) is 0 Å². The van der Waals surface area contributed by atoms with Gasteiger partial charge < -0.3 is 4.98 Å². The normalized spacial score (nSPS) is 17.7. The molecule has 0 saturated heterocycles. The zero-order chi connectivity index (χ0) is 18.2. The van der Waals surface area contributed by atoms with Crippen molar-refractivity contribution in [1.82, 2.24) is 19.9 Å². The largest absolute Gasteiger partial charge is 0.361 e. The van der Waals surface area contributed by atoms with Crippen LogP contribution in [-0.4, -0.2) is 38.7 Å². The maximum Gasteiger partial charge on any atom is 0.173 e. The van der Waals surface area contributed by atoms with Crippen LogP contribution in [0.4, 0.5) is 0 Å². The smallest absolute Gasteiger partial charge is 0.173 e. The standard InChI is InChI=1S/C22H25N5/c1-15-5-6-20-18(10-15)16(11-24-20)13-27-9-7-19-17(14-27)12-25-22(26-19)21-4-2-3-8-23-21/h5-6,10-12,24H,2-4,7-9,13-14H2,1H3. The van der Waals surface area contributed by atoms with E-state index in [4.69, 9.17) is 4.98 Å². The number of rotatable bonds is 3. The topological polar surface area (TPSA) is 57.2 Å². The first-order valence-corrected chi connectivity index (χ1v) is 9.94. The Morgan fingerprint density at radius 3 is 3.04 bits per heavy atom. The number of aliphatic imine (C=N–C) groups is 1. The van der Waals surface area contributed by atoms with Crippen molar-refractivity contribution < 1.29 is 0 Å². The number of fused-ring (bicyclic) bond motifs is 2. The van der Waals surface area contributed by atoms with E-state index in [-0.39, 0.29) is 0 Å². The van der Waals surface area contributed by atoms with Gasteiger partial charge in [-0.2, -0.15) is 0 Å². The molecule has 3 aromatic rings. The molecule has 1 aromatic carbocycles. The summed E-state index contributed by atoms with van der Waals surface area (Å²) in [6.45, 7) is 5.99. The van der Waals surface area contributed by atoms with Crippen LogP contribution in [0.3, 0.4) is 0 Å². The number of aromatic amines is 1. The van der Waals surface area contributed by atoms with Crippen LogP contribution in [0.25, 0.3) is 10.9 Å². The van der Waals surface area contributed by atoms with Gasteiger partial charge in [-0.3, -0.25) is 9.89 Å². The molecule has 5 nitrogen and oxygen atoms in total. The lowest BCUT2D eigenvalue weighted by molar-refractivity contribution is 0.243. The number of benzene rings is 1. The molecule has 5 heteroatoms. The average molecular weight is 359 g/mol. The Bertz CT molecular complexity index is 1020. The molecule has 0 spiro atoms. The number of nitrogens with zero attached hydrogens (tertiary/aromatic N) is 4. The van der Waals surface area contributed by atoms with Gasteiger partial charge in [-0.25, -0.2) is 9.97 Å². The first kappa shape index (κ1) is 16.6. The van der Waals surface area contributed by atoms with E-state index < -0.39 is 0 Å². The molecule has 0 radical (unpaired) electrons. The predicted octanol–water partition coefficient (Wildman–Crippen LogP) is 3.80. The Morgan fingerprint density at radius 1 is 1.19 bits per heavy atom. The summed E-state index contributed by atoms with van der Waals surface area (Å²) in [4.78, 5) is 20.0. The van der Waals surface area contributed by atoms with Gasteiger partial charge in [-0.1, -0.05) is 11.6 Å². The van der Waals surface area contributed by atoms with Crippen LogP contribution in [0, 0.1) is 6.92 Å². The summed E-state index contributed by atoms with van der Waals surface area (Å²) >= 11 is 0. The maximum atomic E-state index is 4.86. The summed E-state index contributed by atoms with van der Waals surface area (Å²) in [6.07, 6.45) is 8.58. The lowest BCUT2D eigenvalue weighted by Crippen LogP contribution is -2.31.